The molecule has 4 heteroatoms. The first-order valence-corrected chi connectivity index (χ1v) is 6.46. The minimum atomic E-state index is 0.00477. The number of rotatable bonds is 3. The van der Waals surface area contributed by atoms with E-state index in [-0.39, 0.29) is 5.54 Å². The number of nitrogens with one attached hydrogen (secondary N) is 1. The molecule has 15 heavy (non-hydrogen) atoms. The number of piperidine rings is 1. The Balaban J connectivity index is 2.24. The van der Waals surface area contributed by atoms with Crippen LogP contribution in [-0.2, 0) is 10.3 Å². The van der Waals surface area contributed by atoms with Crippen LogP contribution in [0.5, 0.6) is 0 Å². The molecule has 0 amide bonds. The van der Waals surface area contributed by atoms with E-state index in [0.717, 1.165) is 23.9 Å². The molecule has 0 bridgehead atoms. The predicted octanol–water partition coefficient (Wildman–Crippen LogP) is 3.02. The van der Waals surface area contributed by atoms with Crippen LogP contribution in [0.15, 0.2) is 12.1 Å². The van der Waals surface area contributed by atoms with Gasteiger partial charge in [0.1, 0.15) is 0 Å². The lowest BCUT2D eigenvalue weighted by Crippen LogP contribution is -2.48. The van der Waals surface area contributed by atoms with E-state index < -0.39 is 0 Å². The topological polar surface area (TPSA) is 21.3 Å². The van der Waals surface area contributed by atoms with Crippen molar-refractivity contribution in [1.82, 2.24) is 5.32 Å². The van der Waals surface area contributed by atoms with Crippen molar-refractivity contribution in [2.75, 3.05) is 20.3 Å². The van der Waals surface area contributed by atoms with E-state index in [1.165, 1.54) is 17.7 Å². The summed E-state index contributed by atoms with van der Waals surface area (Å²) in [6.45, 7) is 1.79. The summed E-state index contributed by atoms with van der Waals surface area (Å²) in [5.74, 6) is 0. The Bertz CT molecular complexity index is 315. The lowest BCUT2D eigenvalue weighted by atomic mass is 9.88. The van der Waals surface area contributed by atoms with Gasteiger partial charge in [0.05, 0.1) is 16.5 Å². The third kappa shape index (κ3) is 2.36. The van der Waals surface area contributed by atoms with Crippen LogP contribution in [-0.4, -0.2) is 20.3 Å². The van der Waals surface area contributed by atoms with Crippen LogP contribution in [0.25, 0.3) is 0 Å². The van der Waals surface area contributed by atoms with Gasteiger partial charge in [-0.2, -0.15) is 0 Å². The molecule has 1 unspecified atom stereocenters. The normalized spacial score (nSPS) is 26.8. The fourth-order valence-electron chi connectivity index (χ4n) is 2.19. The zero-order valence-corrected chi connectivity index (χ0v) is 10.5. The van der Waals surface area contributed by atoms with E-state index in [1.807, 2.05) is 6.07 Å². The Morgan fingerprint density at radius 1 is 1.53 bits per heavy atom. The summed E-state index contributed by atoms with van der Waals surface area (Å²) in [5, 5.41) is 3.59. The van der Waals surface area contributed by atoms with Crippen LogP contribution in [0, 0.1) is 0 Å². The van der Waals surface area contributed by atoms with Crippen LogP contribution in [0.3, 0.4) is 0 Å². The van der Waals surface area contributed by atoms with Gasteiger partial charge in [-0.1, -0.05) is 11.6 Å². The average Bonchev–Trinajstić information content (AvgIpc) is 2.67. The Labute approximate surface area is 99.6 Å². The molecule has 1 aliphatic heterocycles. The SMILES string of the molecule is COCC1(c2ccc(Cl)s2)CCCCN1. The van der Waals surface area contributed by atoms with E-state index in [0.29, 0.717) is 0 Å². The van der Waals surface area contributed by atoms with Crippen LogP contribution in [0.1, 0.15) is 24.1 Å². The first-order valence-electron chi connectivity index (χ1n) is 5.27. The lowest BCUT2D eigenvalue weighted by molar-refractivity contribution is 0.0906. The van der Waals surface area contributed by atoms with Crippen molar-refractivity contribution in [3.05, 3.63) is 21.3 Å². The number of methoxy groups -OCH3 is 1. The quantitative estimate of drug-likeness (QED) is 0.884. The van der Waals surface area contributed by atoms with Gasteiger partial charge in [-0.15, -0.1) is 11.3 Å². The first kappa shape index (κ1) is 11.4. The molecule has 1 aromatic heterocycles. The maximum atomic E-state index is 5.99. The summed E-state index contributed by atoms with van der Waals surface area (Å²) in [6.07, 6.45) is 3.65. The summed E-state index contributed by atoms with van der Waals surface area (Å²) in [7, 11) is 1.76. The standard InChI is InChI=1S/C11H16ClNOS/c1-14-8-11(6-2-3-7-13-11)9-4-5-10(12)15-9/h4-5,13H,2-3,6-8H2,1H3. The lowest BCUT2D eigenvalue weighted by Gasteiger charge is -2.37. The van der Waals surface area contributed by atoms with Gasteiger partial charge in [0, 0.05) is 12.0 Å². The third-order valence-electron chi connectivity index (χ3n) is 2.93. The minimum Gasteiger partial charge on any atom is -0.382 e. The van der Waals surface area contributed by atoms with E-state index in [9.17, 15) is 0 Å². The second kappa shape index (κ2) is 4.83. The summed E-state index contributed by atoms with van der Waals surface area (Å²) in [5.41, 5.74) is 0.00477. The van der Waals surface area contributed by atoms with Crippen molar-refractivity contribution >= 4 is 22.9 Å². The number of hydrogen-bond acceptors (Lipinski definition) is 3. The maximum Gasteiger partial charge on any atom is 0.0931 e. The molecular formula is C11H16ClNOS. The maximum absolute atomic E-state index is 5.99. The van der Waals surface area contributed by atoms with Crippen LogP contribution >= 0.6 is 22.9 Å². The molecule has 0 radical (unpaired) electrons. The van der Waals surface area contributed by atoms with Crippen molar-refractivity contribution in [3.8, 4) is 0 Å². The molecule has 2 rings (SSSR count). The zero-order valence-electron chi connectivity index (χ0n) is 8.88. The molecule has 1 fully saturated rings. The highest BCUT2D eigenvalue weighted by molar-refractivity contribution is 7.16. The number of ether oxygens (including phenoxy) is 1. The Hall–Kier alpha value is -0.0900. The van der Waals surface area contributed by atoms with Gasteiger partial charge in [-0.05, 0) is 37.9 Å². The highest BCUT2D eigenvalue weighted by atomic mass is 35.5. The van der Waals surface area contributed by atoms with Crippen molar-refractivity contribution in [2.45, 2.75) is 24.8 Å². The molecule has 0 spiro atoms. The molecule has 2 heterocycles. The van der Waals surface area contributed by atoms with Crippen molar-refractivity contribution in [1.29, 1.82) is 0 Å². The Morgan fingerprint density at radius 2 is 2.40 bits per heavy atom. The minimum absolute atomic E-state index is 0.00477. The second-order valence-electron chi connectivity index (χ2n) is 4.00. The molecule has 1 aliphatic rings. The van der Waals surface area contributed by atoms with Gasteiger partial charge < -0.3 is 10.1 Å². The molecule has 1 aromatic rings. The summed E-state index contributed by atoms with van der Waals surface area (Å²) >= 11 is 7.65. The number of halogens is 1. The predicted molar refractivity (Wildman–Crippen MR) is 64.7 cm³/mol. The van der Waals surface area contributed by atoms with Crippen LogP contribution in [0.4, 0.5) is 0 Å². The van der Waals surface area contributed by atoms with Crippen LogP contribution in [0.2, 0.25) is 4.34 Å². The van der Waals surface area contributed by atoms with Crippen molar-refractivity contribution in [3.63, 3.8) is 0 Å². The number of hydrogen-bond donors (Lipinski definition) is 1. The molecule has 0 aliphatic carbocycles. The van der Waals surface area contributed by atoms with Gasteiger partial charge in [0.25, 0.3) is 0 Å². The van der Waals surface area contributed by atoms with Gasteiger partial charge in [0.15, 0.2) is 0 Å². The Morgan fingerprint density at radius 3 is 2.93 bits per heavy atom. The molecule has 2 nitrogen and oxygen atoms in total. The molecular weight excluding hydrogens is 230 g/mol. The van der Waals surface area contributed by atoms with Crippen LogP contribution < -0.4 is 5.32 Å². The molecule has 1 N–H and O–H groups in total. The second-order valence-corrected chi connectivity index (χ2v) is 5.72. The molecule has 0 saturated carbocycles. The van der Waals surface area contributed by atoms with E-state index >= 15 is 0 Å². The third-order valence-corrected chi connectivity index (χ3v) is 4.36. The molecule has 0 aromatic carbocycles. The highest BCUT2D eigenvalue weighted by Crippen LogP contribution is 2.36. The molecule has 84 valence electrons. The summed E-state index contributed by atoms with van der Waals surface area (Å²) in [4.78, 5) is 1.30. The van der Waals surface area contributed by atoms with Gasteiger partial charge in [0.2, 0.25) is 0 Å². The monoisotopic (exact) mass is 245 g/mol. The molecule has 1 saturated heterocycles. The fourth-order valence-corrected chi connectivity index (χ4v) is 3.41. The smallest absolute Gasteiger partial charge is 0.0931 e. The number of thiophene rings is 1. The van der Waals surface area contributed by atoms with Gasteiger partial charge >= 0.3 is 0 Å². The fraction of sp³-hybridized carbons (Fsp3) is 0.636. The van der Waals surface area contributed by atoms with Crippen molar-refractivity contribution < 1.29 is 4.74 Å². The average molecular weight is 246 g/mol. The van der Waals surface area contributed by atoms with E-state index in [2.05, 4.69) is 11.4 Å². The highest BCUT2D eigenvalue weighted by Gasteiger charge is 2.34. The summed E-state index contributed by atoms with van der Waals surface area (Å²) < 4.78 is 6.20. The van der Waals surface area contributed by atoms with E-state index in [4.69, 9.17) is 16.3 Å². The zero-order chi connectivity index (χ0) is 10.7. The van der Waals surface area contributed by atoms with Gasteiger partial charge in [-0.3, -0.25) is 0 Å². The largest absolute Gasteiger partial charge is 0.382 e. The van der Waals surface area contributed by atoms with Crippen molar-refractivity contribution in [2.24, 2.45) is 0 Å². The molecule has 1 atom stereocenters. The van der Waals surface area contributed by atoms with Gasteiger partial charge in [-0.25, -0.2) is 0 Å². The Kier molecular flexibility index (Phi) is 3.67. The summed E-state index contributed by atoms with van der Waals surface area (Å²) in [6, 6.07) is 4.08. The first-order chi connectivity index (χ1) is 7.27. The van der Waals surface area contributed by atoms with E-state index in [1.54, 1.807) is 18.4 Å².